The highest BCUT2D eigenvalue weighted by Gasteiger charge is 2.25. The van der Waals surface area contributed by atoms with Crippen molar-refractivity contribution in [2.45, 2.75) is 6.42 Å². The summed E-state index contributed by atoms with van der Waals surface area (Å²) in [4.78, 5) is 5.56. The van der Waals surface area contributed by atoms with Gasteiger partial charge >= 0.3 is 0 Å². The van der Waals surface area contributed by atoms with Crippen molar-refractivity contribution in [2.24, 2.45) is 0 Å². The molecule has 2 heterocycles. The minimum Gasteiger partial charge on any atom is -0.217 e. The zero-order valence-electron chi connectivity index (χ0n) is 8.14. The molecule has 0 saturated heterocycles. The highest BCUT2D eigenvalue weighted by atomic mass is 35.5. The molecule has 1 aromatic carbocycles. The van der Waals surface area contributed by atoms with Crippen molar-refractivity contribution in [3.8, 4) is 11.3 Å². The summed E-state index contributed by atoms with van der Waals surface area (Å²) in [5.74, 6) is 0. The van der Waals surface area contributed by atoms with Gasteiger partial charge in [-0.25, -0.2) is 9.50 Å². The third-order valence-corrected chi connectivity index (χ3v) is 3.83. The maximum atomic E-state index is 5.99. The maximum absolute atomic E-state index is 5.99. The Hall–Kier alpha value is -1.39. The summed E-state index contributed by atoms with van der Waals surface area (Å²) in [6, 6.07) is 5.97. The number of hydrogen-bond donors (Lipinski definition) is 0. The standard InChI is InChI=1S/C11H6ClN3S/c12-7-1-2-8-6(3-7)4-9-10(8)14-11-15(9)13-5-16-11/h1-3,5H,4H2. The molecule has 0 spiro atoms. The van der Waals surface area contributed by atoms with E-state index in [1.807, 2.05) is 28.2 Å². The van der Waals surface area contributed by atoms with Gasteiger partial charge in [0.25, 0.3) is 0 Å². The molecule has 0 unspecified atom stereocenters. The number of aromatic nitrogens is 3. The van der Waals surface area contributed by atoms with Gasteiger partial charge in [-0.15, -0.1) is 0 Å². The van der Waals surface area contributed by atoms with E-state index in [4.69, 9.17) is 11.6 Å². The summed E-state index contributed by atoms with van der Waals surface area (Å²) in [6.45, 7) is 0. The van der Waals surface area contributed by atoms with E-state index in [1.54, 1.807) is 11.3 Å². The Morgan fingerprint density at radius 2 is 2.31 bits per heavy atom. The SMILES string of the molecule is Clc1ccc2c(c1)Cc1c-2nc2scnn12. The lowest BCUT2D eigenvalue weighted by Crippen LogP contribution is -1.90. The van der Waals surface area contributed by atoms with Gasteiger partial charge in [-0.2, -0.15) is 5.10 Å². The van der Waals surface area contributed by atoms with Crippen molar-refractivity contribution in [3.05, 3.63) is 40.0 Å². The monoisotopic (exact) mass is 247 g/mol. The quantitative estimate of drug-likeness (QED) is 0.478. The molecule has 3 aromatic rings. The van der Waals surface area contributed by atoms with Crippen LogP contribution in [0.25, 0.3) is 16.2 Å². The zero-order valence-corrected chi connectivity index (χ0v) is 9.72. The highest BCUT2D eigenvalue weighted by molar-refractivity contribution is 7.14. The molecule has 0 fully saturated rings. The molecule has 3 nitrogen and oxygen atoms in total. The molecule has 0 N–H and O–H groups in total. The molecule has 2 aromatic heterocycles. The van der Waals surface area contributed by atoms with Gasteiger partial charge in [0.1, 0.15) is 5.51 Å². The van der Waals surface area contributed by atoms with Crippen molar-refractivity contribution < 1.29 is 0 Å². The molecule has 0 amide bonds. The summed E-state index contributed by atoms with van der Waals surface area (Å²) >= 11 is 7.55. The van der Waals surface area contributed by atoms with Gasteiger partial charge in [0, 0.05) is 17.0 Å². The fourth-order valence-electron chi connectivity index (χ4n) is 2.23. The summed E-state index contributed by atoms with van der Waals surface area (Å²) in [5.41, 5.74) is 6.49. The van der Waals surface area contributed by atoms with Crippen molar-refractivity contribution in [3.63, 3.8) is 0 Å². The molecule has 4 rings (SSSR count). The molecule has 0 radical (unpaired) electrons. The Bertz CT molecular complexity index is 713. The molecule has 0 aliphatic heterocycles. The Kier molecular flexibility index (Phi) is 1.55. The predicted octanol–water partition coefficient (Wildman–Crippen LogP) is 3.02. The van der Waals surface area contributed by atoms with Gasteiger partial charge in [0.05, 0.1) is 11.4 Å². The van der Waals surface area contributed by atoms with Crippen LogP contribution in [-0.2, 0) is 6.42 Å². The van der Waals surface area contributed by atoms with Crippen molar-refractivity contribution in [2.75, 3.05) is 0 Å². The average molecular weight is 248 g/mol. The van der Waals surface area contributed by atoms with Crippen molar-refractivity contribution in [1.82, 2.24) is 14.6 Å². The van der Waals surface area contributed by atoms with Crippen LogP contribution in [0.2, 0.25) is 5.02 Å². The average Bonchev–Trinajstić information content (AvgIpc) is 2.87. The maximum Gasteiger partial charge on any atom is 0.212 e. The zero-order chi connectivity index (χ0) is 10.7. The van der Waals surface area contributed by atoms with Gasteiger partial charge in [-0.3, -0.25) is 0 Å². The molecule has 1 aliphatic carbocycles. The van der Waals surface area contributed by atoms with Crippen LogP contribution in [0.15, 0.2) is 23.7 Å². The van der Waals surface area contributed by atoms with Gasteiger partial charge in [0.15, 0.2) is 0 Å². The number of nitrogens with zero attached hydrogens (tertiary/aromatic N) is 3. The minimum absolute atomic E-state index is 0.781. The Labute approximate surface area is 100 Å². The lowest BCUT2D eigenvalue weighted by molar-refractivity contribution is 0.907. The lowest BCUT2D eigenvalue weighted by Gasteiger charge is -1.98. The Balaban J connectivity index is 2.07. The summed E-state index contributed by atoms with van der Waals surface area (Å²) in [5, 5.41) is 5.08. The minimum atomic E-state index is 0.781. The normalized spacial score (nSPS) is 13.1. The first kappa shape index (κ1) is 8.73. The number of imidazole rings is 1. The predicted molar refractivity (Wildman–Crippen MR) is 64.1 cm³/mol. The van der Waals surface area contributed by atoms with E-state index < -0.39 is 0 Å². The van der Waals surface area contributed by atoms with Crippen molar-refractivity contribution >= 4 is 27.9 Å². The van der Waals surface area contributed by atoms with Crippen LogP contribution in [0.3, 0.4) is 0 Å². The van der Waals surface area contributed by atoms with Gasteiger partial charge in [-0.1, -0.05) is 29.0 Å². The second-order valence-electron chi connectivity index (χ2n) is 3.82. The molecular formula is C11H6ClN3S. The number of hydrogen-bond acceptors (Lipinski definition) is 3. The fraction of sp³-hybridized carbons (Fsp3) is 0.0909. The highest BCUT2D eigenvalue weighted by Crippen LogP contribution is 2.37. The summed E-state index contributed by atoms with van der Waals surface area (Å²) < 4.78 is 1.92. The van der Waals surface area contributed by atoms with Crippen molar-refractivity contribution in [1.29, 1.82) is 0 Å². The molecule has 0 atom stereocenters. The first-order chi connectivity index (χ1) is 7.83. The van der Waals surface area contributed by atoms with E-state index in [2.05, 4.69) is 10.1 Å². The van der Waals surface area contributed by atoms with Crippen LogP contribution in [0, 0.1) is 0 Å². The number of benzene rings is 1. The van der Waals surface area contributed by atoms with E-state index in [0.29, 0.717) is 0 Å². The molecular weight excluding hydrogens is 242 g/mol. The largest absolute Gasteiger partial charge is 0.217 e. The van der Waals surface area contributed by atoms with Gasteiger partial charge in [0.2, 0.25) is 4.96 Å². The molecule has 78 valence electrons. The molecule has 5 heteroatoms. The smallest absolute Gasteiger partial charge is 0.212 e. The van der Waals surface area contributed by atoms with E-state index in [-0.39, 0.29) is 0 Å². The summed E-state index contributed by atoms with van der Waals surface area (Å²) in [6.07, 6.45) is 0.871. The second kappa shape index (κ2) is 2.84. The first-order valence-corrected chi connectivity index (χ1v) is 6.18. The molecule has 0 bridgehead atoms. The van der Waals surface area contributed by atoms with E-state index in [0.717, 1.165) is 22.1 Å². The molecule has 16 heavy (non-hydrogen) atoms. The van der Waals surface area contributed by atoms with E-state index in [9.17, 15) is 0 Å². The summed E-state index contributed by atoms with van der Waals surface area (Å²) in [7, 11) is 0. The first-order valence-electron chi connectivity index (χ1n) is 4.93. The van der Waals surface area contributed by atoms with Crippen LogP contribution < -0.4 is 0 Å². The number of fused-ring (bicyclic) bond motifs is 5. The van der Waals surface area contributed by atoms with Crippen LogP contribution >= 0.6 is 22.9 Å². The molecule has 1 aliphatic rings. The van der Waals surface area contributed by atoms with Gasteiger partial charge in [-0.05, 0) is 17.7 Å². The fourth-order valence-corrected chi connectivity index (χ4v) is 3.06. The topological polar surface area (TPSA) is 30.2 Å². The number of rotatable bonds is 0. The molecule has 0 saturated carbocycles. The third-order valence-electron chi connectivity index (χ3n) is 2.92. The van der Waals surface area contributed by atoms with Crippen LogP contribution in [0.1, 0.15) is 11.3 Å². The number of halogens is 1. The van der Waals surface area contributed by atoms with Gasteiger partial charge < -0.3 is 0 Å². The van der Waals surface area contributed by atoms with Crippen LogP contribution in [0.4, 0.5) is 0 Å². The van der Waals surface area contributed by atoms with Crippen LogP contribution in [0.5, 0.6) is 0 Å². The Morgan fingerprint density at radius 3 is 3.25 bits per heavy atom. The third kappa shape index (κ3) is 0.982. The second-order valence-corrected chi connectivity index (χ2v) is 5.07. The van der Waals surface area contributed by atoms with E-state index >= 15 is 0 Å². The van der Waals surface area contributed by atoms with E-state index in [1.165, 1.54) is 16.8 Å². The van der Waals surface area contributed by atoms with Crippen LogP contribution in [-0.4, -0.2) is 14.6 Å². The lowest BCUT2D eigenvalue weighted by atomic mass is 10.1. The Morgan fingerprint density at radius 1 is 1.38 bits per heavy atom.